The Bertz CT molecular complexity index is 580. The molecule has 0 aliphatic carbocycles. The molecule has 1 heterocycles. The second-order valence-electron chi connectivity index (χ2n) is 3.88. The number of aromatic nitrogens is 3. The van der Waals surface area contributed by atoms with Crippen LogP contribution in [0.4, 0.5) is 5.95 Å². The third-order valence-corrected chi connectivity index (χ3v) is 2.49. The third-order valence-electron chi connectivity index (χ3n) is 2.26. The first-order valence-corrected chi connectivity index (χ1v) is 6.59. The molecule has 0 bridgehead atoms. The minimum atomic E-state index is 0.151. The Morgan fingerprint density at radius 1 is 1.20 bits per heavy atom. The van der Waals surface area contributed by atoms with Crippen LogP contribution in [0.2, 0.25) is 5.02 Å². The molecule has 0 aliphatic heterocycles. The lowest BCUT2D eigenvalue weighted by Crippen LogP contribution is -2.06. The van der Waals surface area contributed by atoms with Crippen molar-refractivity contribution in [2.24, 2.45) is 0 Å². The van der Waals surface area contributed by atoms with E-state index in [9.17, 15) is 0 Å². The molecule has 1 aromatic carbocycles. The first-order chi connectivity index (χ1) is 9.71. The number of halogens is 1. The minimum absolute atomic E-state index is 0.151. The van der Waals surface area contributed by atoms with Gasteiger partial charge in [-0.3, -0.25) is 0 Å². The molecule has 0 saturated carbocycles. The molecular formula is C13H15ClN4O2. The smallest absolute Gasteiger partial charge is 0.330 e. The lowest BCUT2D eigenvalue weighted by Gasteiger charge is -2.08. The fraction of sp³-hybridized carbons (Fsp3) is 0.308. The van der Waals surface area contributed by atoms with E-state index in [4.69, 9.17) is 21.1 Å². The largest absolute Gasteiger partial charge is 0.463 e. The summed E-state index contributed by atoms with van der Waals surface area (Å²) in [4.78, 5) is 12.3. The molecule has 2 aromatic rings. The monoisotopic (exact) mass is 294 g/mol. The standard InChI is InChI=1S/C13H15ClN4O2/c1-3-7-19-12-16-11(15-2)17-13(18-12)20-10-6-4-5-9(14)8-10/h4-6,8H,3,7H2,1-2H3,(H,15,16,17,18). The van der Waals surface area contributed by atoms with Gasteiger partial charge in [-0.15, -0.1) is 4.98 Å². The second-order valence-corrected chi connectivity index (χ2v) is 4.32. The van der Waals surface area contributed by atoms with E-state index in [2.05, 4.69) is 20.3 Å². The fourth-order valence-electron chi connectivity index (χ4n) is 1.39. The summed E-state index contributed by atoms with van der Waals surface area (Å²) in [5.41, 5.74) is 0. The Kier molecular flexibility index (Phi) is 4.95. The van der Waals surface area contributed by atoms with Gasteiger partial charge in [0.05, 0.1) is 6.61 Å². The highest BCUT2D eigenvalue weighted by molar-refractivity contribution is 6.30. The lowest BCUT2D eigenvalue weighted by atomic mass is 10.3. The van der Waals surface area contributed by atoms with Gasteiger partial charge in [-0.05, 0) is 24.6 Å². The number of hydrogen-bond acceptors (Lipinski definition) is 6. The Hall–Kier alpha value is -2.08. The first-order valence-electron chi connectivity index (χ1n) is 6.21. The summed E-state index contributed by atoms with van der Waals surface area (Å²) in [5, 5.41) is 3.41. The van der Waals surface area contributed by atoms with E-state index in [0.29, 0.717) is 23.3 Å². The molecule has 0 atom stereocenters. The SMILES string of the molecule is CCCOc1nc(NC)nc(Oc2cccc(Cl)c2)n1. The highest BCUT2D eigenvalue weighted by Gasteiger charge is 2.09. The van der Waals surface area contributed by atoms with Crippen molar-refractivity contribution in [3.05, 3.63) is 29.3 Å². The Balaban J connectivity index is 2.21. The van der Waals surface area contributed by atoms with Crippen LogP contribution in [-0.4, -0.2) is 28.6 Å². The van der Waals surface area contributed by atoms with E-state index < -0.39 is 0 Å². The van der Waals surface area contributed by atoms with Crippen molar-refractivity contribution in [2.75, 3.05) is 19.0 Å². The Labute approximate surface area is 122 Å². The van der Waals surface area contributed by atoms with E-state index in [1.165, 1.54) is 0 Å². The average molecular weight is 295 g/mol. The number of anilines is 1. The summed E-state index contributed by atoms with van der Waals surface area (Å²) in [6.45, 7) is 2.54. The number of ether oxygens (including phenoxy) is 2. The summed E-state index contributed by atoms with van der Waals surface area (Å²) in [5.74, 6) is 0.926. The van der Waals surface area contributed by atoms with Gasteiger partial charge in [-0.2, -0.15) is 9.97 Å². The number of hydrogen-bond donors (Lipinski definition) is 1. The van der Waals surface area contributed by atoms with Crippen LogP contribution in [0.1, 0.15) is 13.3 Å². The summed E-state index contributed by atoms with van der Waals surface area (Å²) < 4.78 is 10.9. The van der Waals surface area contributed by atoms with E-state index in [1.807, 2.05) is 6.92 Å². The van der Waals surface area contributed by atoms with Gasteiger partial charge in [0, 0.05) is 12.1 Å². The number of rotatable bonds is 6. The molecule has 0 amide bonds. The molecule has 0 fully saturated rings. The molecule has 6 nitrogen and oxygen atoms in total. The zero-order chi connectivity index (χ0) is 14.4. The molecule has 0 saturated heterocycles. The van der Waals surface area contributed by atoms with E-state index in [1.54, 1.807) is 31.3 Å². The predicted molar refractivity (Wildman–Crippen MR) is 76.7 cm³/mol. The maximum absolute atomic E-state index is 5.90. The van der Waals surface area contributed by atoms with Gasteiger partial charge in [-0.1, -0.05) is 24.6 Å². The highest BCUT2D eigenvalue weighted by atomic mass is 35.5. The van der Waals surface area contributed by atoms with Crippen molar-refractivity contribution >= 4 is 17.5 Å². The third kappa shape index (κ3) is 3.96. The topological polar surface area (TPSA) is 69.2 Å². The molecule has 1 N–H and O–H groups in total. The van der Waals surface area contributed by atoms with Gasteiger partial charge in [-0.25, -0.2) is 0 Å². The van der Waals surface area contributed by atoms with Gasteiger partial charge >= 0.3 is 12.0 Å². The van der Waals surface area contributed by atoms with Crippen molar-refractivity contribution in [3.63, 3.8) is 0 Å². The molecule has 7 heteroatoms. The predicted octanol–water partition coefficient (Wildman–Crippen LogP) is 3.15. The van der Waals surface area contributed by atoms with Gasteiger partial charge < -0.3 is 14.8 Å². The van der Waals surface area contributed by atoms with Gasteiger partial charge in [0.25, 0.3) is 0 Å². The van der Waals surface area contributed by atoms with Crippen LogP contribution < -0.4 is 14.8 Å². The molecule has 20 heavy (non-hydrogen) atoms. The van der Waals surface area contributed by atoms with Gasteiger partial charge in [0.2, 0.25) is 5.95 Å². The number of nitrogens with zero attached hydrogens (tertiary/aromatic N) is 3. The number of benzene rings is 1. The summed E-state index contributed by atoms with van der Waals surface area (Å²) >= 11 is 5.90. The molecule has 0 radical (unpaired) electrons. The molecule has 106 valence electrons. The van der Waals surface area contributed by atoms with Crippen molar-refractivity contribution in [1.82, 2.24) is 15.0 Å². The van der Waals surface area contributed by atoms with Gasteiger partial charge in [0.1, 0.15) is 5.75 Å². The van der Waals surface area contributed by atoms with Crippen molar-refractivity contribution in [3.8, 4) is 17.8 Å². The van der Waals surface area contributed by atoms with Gasteiger partial charge in [0.15, 0.2) is 0 Å². The quantitative estimate of drug-likeness (QED) is 0.882. The van der Waals surface area contributed by atoms with E-state index in [0.717, 1.165) is 6.42 Å². The van der Waals surface area contributed by atoms with E-state index in [-0.39, 0.29) is 12.0 Å². The van der Waals surface area contributed by atoms with Crippen LogP contribution in [0.3, 0.4) is 0 Å². The number of nitrogens with one attached hydrogen (secondary N) is 1. The van der Waals surface area contributed by atoms with Crippen molar-refractivity contribution < 1.29 is 9.47 Å². The van der Waals surface area contributed by atoms with Crippen LogP contribution >= 0.6 is 11.6 Å². The Morgan fingerprint density at radius 2 is 2.00 bits per heavy atom. The lowest BCUT2D eigenvalue weighted by molar-refractivity contribution is 0.285. The van der Waals surface area contributed by atoms with Crippen LogP contribution in [0.15, 0.2) is 24.3 Å². The fourth-order valence-corrected chi connectivity index (χ4v) is 1.57. The summed E-state index contributed by atoms with van der Waals surface area (Å²) in [6.07, 6.45) is 0.866. The molecular weight excluding hydrogens is 280 g/mol. The second kappa shape index (κ2) is 6.91. The zero-order valence-electron chi connectivity index (χ0n) is 11.3. The Morgan fingerprint density at radius 3 is 2.70 bits per heavy atom. The maximum Gasteiger partial charge on any atom is 0.330 e. The molecule has 0 spiro atoms. The minimum Gasteiger partial charge on any atom is -0.463 e. The summed E-state index contributed by atoms with van der Waals surface area (Å²) in [7, 11) is 1.71. The van der Waals surface area contributed by atoms with Crippen molar-refractivity contribution in [2.45, 2.75) is 13.3 Å². The van der Waals surface area contributed by atoms with Crippen LogP contribution in [0.5, 0.6) is 17.8 Å². The summed E-state index contributed by atoms with van der Waals surface area (Å²) in [6, 6.07) is 7.36. The van der Waals surface area contributed by atoms with Crippen LogP contribution in [-0.2, 0) is 0 Å². The molecule has 1 aromatic heterocycles. The van der Waals surface area contributed by atoms with Crippen LogP contribution in [0, 0.1) is 0 Å². The van der Waals surface area contributed by atoms with Crippen molar-refractivity contribution in [1.29, 1.82) is 0 Å². The highest BCUT2D eigenvalue weighted by Crippen LogP contribution is 2.23. The molecule has 0 aliphatic rings. The maximum atomic E-state index is 5.90. The van der Waals surface area contributed by atoms with E-state index >= 15 is 0 Å². The average Bonchev–Trinajstić information content (AvgIpc) is 2.45. The molecule has 2 rings (SSSR count). The van der Waals surface area contributed by atoms with Crippen LogP contribution in [0.25, 0.3) is 0 Å². The zero-order valence-corrected chi connectivity index (χ0v) is 12.0. The first kappa shape index (κ1) is 14.3. The normalized spacial score (nSPS) is 10.2. The molecule has 0 unspecified atom stereocenters.